The fourth-order valence-electron chi connectivity index (χ4n) is 1.35. The highest BCUT2D eigenvalue weighted by atomic mass is 19.1. The molecule has 0 saturated heterocycles. The second kappa shape index (κ2) is 3.99. The zero-order chi connectivity index (χ0) is 12.4. The first-order chi connectivity index (χ1) is 8.17. The van der Waals surface area contributed by atoms with Crippen molar-refractivity contribution in [1.82, 2.24) is 19.5 Å². The van der Waals surface area contributed by atoms with Crippen LogP contribution < -0.4 is 11.2 Å². The number of hydrogen-bond acceptors (Lipinski definition) is 3. The van der Waals surface area contributed by atoms with Crippen molar-refractivity contribution in [1.29, 1.82) is 0 Å². The predicted molar refractivity (Wildman–Crippen MR) is 57.8 cm³/mol. The summed E-state index contributed by atoms with van der Waals surface area (Å²) in [7, 11) is 0. The van der Waals surface area contributed by atoms with Gasteiger partial charge in [-0.2, -0.15) is 0 Å². The molecule has 0 amide bonds. The molecule has 0 spiro atoms. The largest absolute Gasteiger partial charge is 0.330 e. The fraction of sp³-hybridized carbons (Fsp3) is 0.100. The normalized spacial score (nSPS) is 9.65. The van der Waals surface area contributed by atoms with Gasteiger partial charge in [-0.15, -0.1) is 10.8 Å². The van der Waals surface area contributed by atoms with E-state index in [1.54, 1.807) is 0 Å². The Kier molecular flexibility index (Phi) is 2.51. The van der Waals surface area contributed by atoms with Crippen LogP contribution in [0.2, 0.25) is 0 Å². The topological polar surface area (TPSA) is 83.5 Å². The monoisotopic (exact) mass is 232 g/mol. The smallest absolute Gasteiger partial charge is 0.325 e. The minimum atomic E-state index is -0.674. The summed E-state index contributed by atoms with van der Waals surface area (Å²) in [5, 5.41) is 0. The summed E-state index contributed by atoms with van der Waals surface area (Å²) in [6.45, 7) is -0.159. The molecular weight excluding hydrogens is 227 g/mol. The molecule has 17 heavy (non-hydrogen) atoms. The van der Waals surface area contributed by atoms with Crippen LogP contribution >= 0.6 is 0 Å². The minimum Gasteiger partial charge on any atom is -0.325 e. The van der Waals surface area contributed by atoms with Crippen molar-refractivity contribution < 1.29 is 4.39 Å². The molecule has 0 radical (unpaired) electrons. The molecule has 84 valence electrons. The fourth-order valence-corrected chi connectivity index (χ4v) is 1.35. The van der Waals surface area contributed by atoms with Gasteiger partial charge in [-0.05, 0) is 0 Å². The number of terminal acetylenes is 1. The van der Waals surface area contributed by atoms with Gasteiger partial charge in [-0.1, -0.05) is 5.92 Å². The molecule has 0 atom stereocenters. The number of imidazole rings is 1. The number of aromatic amines is 2. The van der Waals surface area contributed by atoms with Crippen molar-refractivity contribution in [3.63, 3.8) is 0 Å². The highest BCUT2D eigenvalue weighted by molar-refractivity contribution is 5.69. The van der Waals surface area contributed by atoms with Gasteiger partial charge in [-0.25, -0.2) is 14.3 Å². The number of halogens is 1. The summed E-state index contributed by atoms with van der Waals surface area (Å²) in [6, 6.07) is 0. The first-order valence-electron chi connectivity index (χ1n) is 4.45. The van der Waals surface area contributed by atoms with Crippen molar-refractivity contribution in [3.8, 4) is 24.4 Å². The Balaban J connectivity index is 2.82. The number of nitrogens with one attached hydrogen (secondary N) is 2. The quantitative estimate of drug-likeness (QED) is 0.639. The van der Waals surface area contributed by atoms with Crippen LogP contribution in [-0.2, 0) is 6.54 Å². The minimum absolute atomic E-state index is 0.0195. The molecular formula is C10H5FN4O2. The second-order valence-electron chi connectivity index (χ2n) is 3.05. The Morgan fingerprint density at radius 2 is 2.18 bits per heavy atom. The van der Waals surface area contributed by atoms with E-state index in [-0.39, 0.29) is 23.5 Å². The second-order valence-corrected chi connectivity index (χ2v) is 3.05. The van der Waals surface area contributed by atoms with Crippen molar-refractivity contribution in [3.05, 3.63) is 26.7 Å². The Labute approximate surface area is 93.5 Å². The van der Waals surface area contributed by atoms with Crippen molar-refractivity contribution in [2.24, 2.45) is 0 Å². The third-order valence-corrected chi connectivity index (χ3v) is 2.05. The van der Waals surface area contributed by atoms with Crippen LogP contribution in [0.4, 0.5) is 4.39 Å². The average Bonchev–Trinajstić information content (AvgIpc) is 2.67. The molecule has 0 aliphatic heterocycles. The highest BCUT2D eigenvalue weighted by Crippen LogP contribution is 2.00. The molecule has 2 heterocycles. The van der Waals surface area contributed by atoms with E-state index in [9.17, 15) is 14.0 Å². The maximum Gasteiger partial charge on any atom is 0.330 e. The van der Waals surface area contributed by atoms with Crippen LogP contribution in [0.25, 0.3) is 11.2 Å². The maximum absolute atomic E-state index is 11.8. The Bertz CT molecular complexity index is 794. The lowest BCUT2D eigenvalue weighted by atomic mass is 10.5. The van der Waals surface area contributed by atoms with Gasteiger partial charge >= 0.3 is 5.69 Å². The van der Waals surface area contributed by atoms with E-state index >= 15 is 0 Å². The zero-order valence-corrected chi connectivity index (χ0v) is 8.37. The van der Waals surface area contributed by atoms with Gasteiger partial charge < -0.3 is 4.98 Å². The first kappa shape index (κ1) is 10.7. The molecule has 0 bridgehead atoms. The average molecular weight is 232 g/mol. The van der Waals surface area contributed by atoms with Gasteiger partial charge in [0, 0.05) is 5.92 Å². The summed E-state index contributed by atoms with van der Waals surface area (Å²) in [5.74, 6) is 4.14. The van der Waals surface area contributed by atoms with Crippen molar-refractivity contribution in [2.45, 2.75) is 6.54 Å². The standard InChI is InChI=1S/C10H5FN4O2/c1-2-5-15-9(16)7-8(14-10(15)17)13-6(12-7)3-4-11/h1H,5H2,(H,12,13)(H,14,17). The van der Waals surface area contributed by atoms with Gasteiger partial charge in [0.15, 0.2) is 17.0 Å². The van der Waals surface area contributed by atoms with Crippen LogP contribution in [0.1, 0.15) is 5.82 Å². The van der Waals surface area contributed by atoms with Crippen LogP contribution in [-0.4, -0.2) is 19.5 Å². The number of nitrogens with zero attached hydrogens (tertiary/aromatic N) is 2. The first-order valence-corrected chi connectivity index (χ1v) is 4.45. The Morgan fingerprint density at radius 1 is 1.41 bits per heavy atom. The van der Waals surface area contributed by atoms with E-state index < -0.39 is 11.2 Å². The summed E-state index contributed by atoms with van der Waals surface area (Å²) in [5.41, 5.74) is -1.25. The molecule has 0 aliphatic rings. The van der Waals surface area contributed by atoms with Crippen LogP contribution in [0.5, 0.6) is 0 Å². The zero-order valence-electron chi connectivity index (χ0n) is 8.37. The SMILES string of the molecule is C#CCn1c(=O)[nH]c2nc(C#CF)[nH]c2c1=O. The van der Waals surface area contributed by atoms with Crippen LogP contribution in [0.3, 0.4) is 0 Å². The van der Waals surface area contributed by atoms with Crippen molar-refractivity contribution >= 4 is 11.2 Å². The maximum atomic E-state index is 11.8. The summed E-state index contributed by atoms with van der Waals surface area (Å²) in [4.78, 5) is 31.8. The van der Waals surface area contributed by atoms with Gasteiger partial charge in [0.2, 0.25) is 0 Å². The Morgan fingerprint density at radius 3 is 2.82 bits per heavy atom. The van der Waals surface area contributed by atoms with E-state index in [0.29, 0.717) is 0 Å². The number of fused-ring (bicyclic) bond motifs is 1. The predicted octanol–water partition coefficient (Wildman–Crippen LogP) is -0.675. The lowest BCUT2D eigenvalue weighted by Crippen LogP contribution is -2.34. The lowest BCUT2D eigenvalue weighted by molar-refractivity contribution is 0.739. The van der Waals surface area contributed by atoms with Gasteiger partial charge in [0.1, 0.15) is 6.17 Å². The Hall–Kier alpha value is -2.80. The molecule has 0 fully saturated rings. The molecule has 7 heteroatoms. The number of aromatic nitrogens is 4. The van der Waals surface area contributed by atoms with E-state index in [1.807, 2.05) is 5.92 Å². The van der Waals surface area contributed by atoms with E-state index in [2.05, 4.69) is 20.9 Å². The molecule has 0 unspecified atom stereocenters. The summed E-state index contributed by atoms with van der Waals surface area (Å²) >= 11 is 0. The van der Waals surface area contributed by atoms with Crippen LogP contribution in [0, 0.1) is 24.4 Å². The number of H-pyrrole nitrogens is 2. The molecule has 2 N–H and O–H groups in total. The van der Waals surface area contributed by atoms with E-state index in [1.165, 1.54) is 0 Å². The highest BCUT2D eigenvalue weighted by Gasteiger charge is 2.10. The number of rotatable bonds is 1. The van der Waals surface area contributed by atoms with Gasteiger partial charge in [-0.3, -0.25) is 9.78 Å². The number of hydrogen-bond donors (Lipinski definition) is 2. The molecule has 2 aromatic heterocycles. The van der Waals surface area contributed by atoms with E-state index in [4.69, 9.17) is 6.42 Å². The summed E-state index contributed by atoms with van der Waals surface area (Å²) in [6.07, 6.45) is 6.18. The molecule has 0 aliphatic carbocycles. The molecule has 0 aromatic carbocycles. The molecule has 2 rings (SSSR count). The van der Waals surface area contributed by atoms with Gasteiger partial charge in [0.05, 0.1) is 6.54 Å². The molecule has 0 saturated carbocycles. The third-order valence-electron chi connectivity index (χ3n) is 2.05. The van der Waals surface area contributed by atoms with E-state index in [0.717, 1.165) is 10.7 Å². The lowest BCUT2D eigenvalue weighted by Gasteiger charge is -1.97. The van der Waals surface area contributed by atoms with Gasteiger partial charge in [0.25, 0.3) is 5.56 Å². The molecule has 2 aromatic rings. The summed E-state index contributed by atoms with van der Waals surface area (Å²) < 4.78 is 12.6. The van der Waals surface area contributed by atoms with Crippen LogP contribution in [0.15, 0.2) is 9.59 Å². The molecule has 6 nitrogen and oxygen atoms in total. The van der Waals surface area contributed by atoms with Crippen molar-refractivity contribution in [2.75, 3.05) is 0 Å². The third kappa shape index (κ3) is 1.70.